The number of hydrogen-bond donors (Lipinski definition) is 1. The molecule has 0 saturated heterocycles. The minimum atomic E-state index is -3.66. The fraction of sp³-hybridized carbons (Fsp3) is 0.238. The number of benzene rings is 2. The smallest absolute Gasteiger partial charge is 0.307 e. The summed E-state index contributed by atoms with van der Waals surface area (Å²) >= 11 is 0. The molecule has 0 saturated carbocycles. The van der Waals surface area contributed by atoms with Crippen LogP contribution in [0.15, 0.2) is 59.5 Å². The van der Waals surface area contributed by atoms with Crippen molar-refractivity contribution in [2.24, 2.45) is 0 Å². The second kappa shape index (κ2) is 8.50. The zero-order valence-corrected chi connectivity index (χ0v) is 16.6. The Kier molecular flexibility index (Phi) is 6.06. The minimum absolute atomic E-state index is 0.0281. The Bertz CT molecular complexity index is 1110. The second-order valence-electron chi connectivity index (χ2n) is 6.57. The molecule has 3 rings (SSSR count). The van der Waals surface area contributed by atoms with Crippen LogP contribution >= 0.6 is 0 Å². The number of nitrogens with one attached hydrogen (secondary N) is 1. The van der Waals surface area contributed by atoms with Gasteiger partial charge in [-0.25, -0.2) is 18.1 Å². The second-order valence-corrected chi connectivity index (χ2v) is 8.31. The quantitative estimate of drug-likeness (QED) is 0.618. The van der Waals surface area contributed by atoms with E-state index in [0.717, 1.165) is 16.5 Å². The SMILES string of the molecule is Cc1ccc(S(=O)(=O)NCCC(=O)OCc2ccc3ccccc3n2)c(C)c1. The van der Waals surface area contributed by atoms with Crippen molar-refractivity contribution in [2.75, 3.05) is 6.54 Å². The van der Waals surface area contributed by atoms with Gasteiger partial charge in [-0.2, -0.15) is 0 Å². The fourth-order valence-electron chi connectivity index (χ4n) is 2.88. The predicted molar refractivity (Wildman–Crippen MR) is 107 cm³/mol. The molecule has 146 valence electrons. The van der Waals surface area contributed by atoms with Crippen LogP contribution in [0.2, 0.25) is 0 Å². The number of ether oxygens (including phenoxy) is 1. The van der Waals surface area contributed by atoms with E-state index in [2.05, 4.69) is 9.71 Å². The van der Waals surface area contributed by atoms with Crippen LogP contribution in [0.3, 0.4) is 0 Å². The third-order valence-electron chi connectivity index (χ3n) is 4.28. The first kappa shape index (κ1) is 20.0. The number of aromatic nitrogens is 1. The Morgan fingerprint density at radius 2 is 1.86 bits per heavy atom. The fourth-order valence-corrected chi connectivity index (χ4v) is 4.14. The van der Waals surface area contributed by atoms with E-state index in [1.165, 1.54) is 0 Å². The first-order chi connectivity index (χ1) is 13.3. The van der Waals surface area contributed by atoms with Crippen LogP contribution in [0, 0.1) is 13.8 Å². The lowest BCUT2D eigenvalue weighted by atomic mass is 10.2. The lowest BCUT2D eigenvalue weighted by Gasteiger charge is -2.10. The van der Waals surface area contributed by atoms with Crippen molar-refractivity contribution in [3.8, 4) is 0 Å². The normalized spacial score (nSPS) is 11.5. The van der Waals surface area contributed by atoms with Gasteiger partial charge in [0.25, 0.3) is 0 Å². The van der Waals surface area contributed by atoms with Gasteiger partial charge in [-0.15, -0.1) is 0 Å². The summed E-state index contributed by atoms with van der Waals surface area (Å²) in [5, 5.41) is 1.01. The van der Waals surface area contributed by atoms with Gasteiger partial charge in [0.2, 0.25) is 10.0 Å². The number of hydrogen-bond acceptors (Lipinski definition) is 5. The van der Waals surface area contributed by atoms with Crippen molar-refractivity contribution in [1.29, 1.82) is 0 Å². The zero-order chi connectivity index (χ0) is 20.1. The number of rotatable bonds is 7. The molecule has 0 amide bonds. The molecule has 0 atom stereocenters. The molecule has 0 spiro atoms. The minimum Gasteiger partial charge on any atom is -0.459 e. The summed E-state index contributed by atoms with van der Waals surface area (Å²) < 4.78 is 32.4. The largest absolute Gasteiger partial charge is 0.459 e. The molecule has 0 aliphatic carbocycles. The van der Waals surface area contributed by atoms with Crippen molar-refractivity contribution >= 4 is 26.9 Å². The van der Waals surface area contributed by atoms with Crippen LogP contribution in [0.25, 0.3) is 10.9 Å². The van der Waals surface area contributed by atoms with Crippen LogP contribution in [-0.2, 0) is 26.2 Å². The van der Waals surface area contributed by atoms with E-state index in [4.69, 9.17) is 4.74 Å². The van der Waals surface area contributed by atoms with E-state index >= 15 is 0 Å². The molecule has 6 nitrogen and oxygen atoms in total. The molecule has 0 aliphatic rings. The number of fused-ring (bicyclic) bond motifs is 1. The van der Waals surface area contributed by atoms with Gasteiger partial charge in [0.1, 0.15) is 6.61 Å². The first-order valence-corrected chi connectivity index (χ1v) is 10.4. The Labute approximate surface area is 164 Å². The lowest BCUT2D eigenvalue weighted by Crippen LogP contribution is -2.27. The third kappa shape index (κ3) is 4.94. The van der Waals surface area contributed by atoms with E-state index in [1.54, 1.807) is 31.2 Å². The molecule has 0 fully saturated rings. The summed E-state index contributed by atoms with van der Waals surface area (Å²) in [6, 6.07) is 16.5. The van der Waals surface area contributed by atoms with Crippen molar-refractivity contribution in [3.05, 3.63) is 71.4 Å². The Morgan fingerprint density at radius 1 is 1.07 bits per heavy atom. The molecule has 2 aromatic carbocycles. The highest BCUT2D eigenvalue weighted by Gasteiger charge is 2.17. The maximum atomic E-state index is 12.4. The van der Waals surface area contributed by atoms with Crippen LogP contribution in [-0.4, -0.2) is 25.9 Å². The summed E-state index contributed by atoms with van der Waals surface area (Å²) in [4.78, 5) is 16.6. The zero-order valence-electron chi connectivity index (χ0n) is 15.8. The average Bonchev–Trinajstić information content (AvgIpc) is 2.65. The molecule has 1 N–H and O–H groups in total. The van der Waals surface area contributed by atoms with E-state index in [0.29, 0.717) is 11.3 Å². The topological polar surface area (TPSA) is 85.4 Å². The highest BCUT2D eigenvalue weighted by atomic mass is 32.2. The maximum absolute atomic E-state index is 12.4. The first-order valence-electron chi connectivity index (χ1n) is 8.92. The summed E-state index contributed by atoms with van der Waals surface area (Å²) in [5.41, 5.74) is 3.12. The van der Waals surface area contributed by atoms with Gasteiger partial charge in [0.15, 0.2) is 0 Å². The van der Waals surface area contributed by atoms with Crippen LogP contribution in [0.1, 0.15) is 23.2 Å². The van der Waals surface area contributed by atoms with Gasteiger partial charge in [0, 0.05) is 11.9 Å². The molecular formula is C21H22N2O4S. The lowest BCUT2D eigenvalue weighted by molar-refractivity contribution is -0.144. The summed E-state index contributed by atoms with van der Waals surface area (Å²) in [6.45, 7) is 3.66. The maximum Gasteiger partial charge on any atom is 0.307 e. The Morgan fingerprint density at radius 3 is 2.64 bits per heavy atom. The number of pyridine rings is 1. The molecule has 1 aromatic heterocycles. The van der Waals surface area contributed by atoms with Gasteiger partial charge < -0.3 is 4.74 Å². The predicted octanol–water partition coefficient (Wildman–Crippen LogP) is 3.26. The molecule has 0 radical (unpaired) electrons. The number of sulfonamides is 1. The van der Waals surface area contributed by atoms with Gasteiger partial charge in [-0.05, 0) is 37.6 Å². The molecular weight excluding hydrogens is 376 g/mol. The van der Waals surface area contributed by atoms with Crippen LogP contribution in [0.4, 0.5) is 0 Å². The van der Waals surface area contributed by atoms with Gasteiger partial charge in [-0.1, -0.05) is 42.0 Å². The third-order valence-corrected chi connectivity index (χ3v) is 5.90. The van der Waals surface area contributed by atoms with Crippen molar-refractivity contribution in [2.45, 2.75) is 31.8 Å². The van der Waals surface area contributed by atoms with E-state index in [-0.39, 0.29) is 24.5 Å². The average molecular weight is 398 g/mol. The van der Waals surface area contributed by atoms with E-state index < -0.39 is 16.0 Å². The number of nitrogens with zero attached hydrogens (tertiary/aromatic N) is 1. The van der Waals surface area contributed by atoms with Crippen molar-refractivity contribution in [3.63, 3.8) is 0 Å². The van der Waals surface area contributed by atoms with Crippen molar-refractivity contribution in [1.82, 2.24) is 9.71 Å². The van der Waals surface area contributed by atoms with Crippen LogP contribution < -0.4 is 4.72 Å². The Balaban J connectivity index is 1.51. The summed E-state index contributed by atoms with van der Waals surface area (Å²) in [7, 11) is -3.66. The van der Waals surface area contributed by atoms with Crippen LogP contribution in [0.5, 0.6) is 0 Å². The highest BCUT2D eigenvalue weighted by molar-refractivity contribution is 7.89. The van der Waals surface area contributed by atoms with Gasteiger partial charge in [-0.3, -0.25) is 4.79 Å². The molecule has 0 unspecified atom stereocenters. The number of carbonyl (C=O) groups excluding carboxylic acids is 1. The Hall–Kier alpha value is -2.77. The monoisotopic (exact) mass is 398 g/mol. The molecule has 0 bridgehead atoms. The van der Waals surface area contributed by atoms with E-state index in [9.17, 15) is 13.2 Å². The number of carbonyl (C=O) groups is 1. The summed E-state index contributed by atoms with van der Waals surface area (Å²) in [6.07, 6.45) is -0.0578. The van der Waals surface area contributed by atoms with Gasteiger partial charge >= 0.3 is 5.97 Å². The number of aryl methyl sites for hydroxylation is 2. The van der Waals surface area contributed by atoms with Gasteiger partial charge in [0.05, 0.1) is 22.5 Å². The molecule has 0 aliphatic heterocycles. The molecule has 28 heavy (non-hydrogen) atoms. The standard InChI is InChI=1S/C21H22N2O4S/c1-15-7-10-20(16(2)13-15)28(25,26)22-12-11-21(24)27-14-18-9-8-17-5-3-4-6-19(17)23-18/h3-10,13,22H,11-12,14H2,1-2H3. The molecule has 1 heterocycles. The number of esters is 1. The highest BCUT2D eigenvalue weighted by Crippen LogP contribution is 2.16. The molecule has 7 heteroatoms. The number of para-hydroxylation sites is 1. The van der Waals surface area contributed by atoms with E-state index in [1.807, 2.05) is 37.3 Å². The van der Waals surface area contributed by atoms with Crippen molar-refractivity contribution < 1.29 is 17.9 Å². The molecule has 3 aromatic rings. The summed E-state index contributed by atoms with van der Waals surface area (Å²) in [5.74, 6) is -0.488.